The Labute approximate surface area is 96.5 Å². The van der Waals surface area contributed by atoms with Gasteiger partial charge in [0, 0.05) is 22.9 Å². The lowest BCUT2D eigenvalue weighted by Crippen LogP contribution is -2.14. The fraction of sp³-hybridized carbons (Fsp3) is 0.167. The molecule has 2 aromatic rings. The van der Waals surface area contributed by atoms with Crippen molar-refractivity contribution in [2.24, 2.45) is 5.73 Å². The van der Waals surface area contributed by atoms with E-state index in [1.165, 1.54) is 0 Å². The Balaban J connectivity index is 2.20. The molecule has 2 N–H and O–H groups in total. The van der Waals surface area contributed by atoms with E-state index in [2.05, 4.69) is 0 Å². The van der Waals surface area contributed by atoms with Gasteiger partial charge in [0.15, 0.2) is 0 Å². The molecular weight excluding hydrogens is 228 g/mol. The molecule has 2 rings (SSSR count). The molecule has 1 nitrogen and oxygen atoms in total. The van der Waals surface area contributed by atoms with Crippen molar-refractivity contribution in [1.82, 2.24) is 0 Å². The molecular formula is C12H11F2NS. The van der Waals surface area contributed by atoms with Crippen LogP contribution in [0.1, 0.15) is 16.5 Å². The summed E-state index contributed by atoms with van der Waals surface area (Å²) in [6.45, 7) is 0. The highest BCUT2D eigenvalue weighted by Crippen LogP contribution is 2.22. The summed E-state index contributed by atoms with van der Waals surface area (Å²) < 4.78 is 26.4. The van der Waals surface area contributed by atoms with Crippen LogP contribution < -0.4 is 5.73 Å². The summed E-state index contributed by atoms with van der Waals surface area (Å²) in [5, 5.41) is 1.93. The van der Waals surface area contributed by atoms with Crippen molar-refractivity contribution in [2.45, 2.75) is 12.5 Å². The highest BCUT2D eigenvalue weighted by molar-refractivity contribution is 7.09. The van der Waals surface area contributed by atoms with E-state index in [1.54, 1.807) is 11.3 Å². The number of benzene rings is 1. The van der Waals surface area contributed by atoms with Crippen LogP contribution in [0.5, 0.6) is 0 Å². The molecule has 0 aliphatic rings. The van der Waals surface area contributed by atoms with Gasteiger partial charge in [0.1, 0.15) is 11.6 Å². The summed E-state index contributed by atoms with van der Waals surface area (Å²) in [5.74, 6) is -0.913. The average molecular weight is 239 g/mol. The molecule has 0 spiro atoms. The van der Waals surface area contributed by atoms with Crippen LogP contribution in [-0.2, 0) is 6.42 Å². The maximum absolute atomic E-state index is 13.4. The molecule has 0 saturated heterocycles. The summed E-state index contributed by atoms with van der Waals surface area (Å²) in [7, 11) is 0. The fourth-order valence-electron chi connectivity index (χ4n) is 1.55. The third-order valence-electron chi connectivity index (χ3n) is 2.36. The first kappa shape index (κ1) is 11.2. The summed E-state index contributed by atoms with van der Waals surface area (Å²) in [4.78, 5) is 1.07. The van der Waals surface area contributed by atoms with Gasteiger partial charge < -0.3 is 5.73 Å². The van der Waals surface area contributed by atoms with E-state index in [-0.39, 0.29) is 5.56 Å². The van der Waals surface area contributed by atoms with E-state index in [0.717, 1.165) is 23.1 Å². The first-order valence-electron chi connectivity index (χ1n) is 4.89. The van der Waals surface area contributed by atoms with Crippen molar-refractivity contribution < 1.29 is 8.78 Å². The first-order valence-corrected chi connectivity index (χ1v) is 5.77. The van der Waals surface area contributed by atoms with Gasteiger partial charge in [-0.15, -0.1) is 11.3 Å². The van der Waals surface area contributed by atoms with Gasteiger partial charge in [0.2, 0.25) is 0 Å². The molecule has 0 saturated carbocycles. The average Bonchev–Trinajstić information content (AvgIpc) is 2.74. The number of hydrogen-bond donors (Lipinski definition) is 1. The van der Waals surface area contributed by atoms with Crippen LogP contribution in [0.15, 0.2) is 35.7 Å². The molecule has 1 unspecified atom stereocenters. The van der Waals surface area contributed by atoms with Gasteiger partial charge in [-0.3, -0.25) is 0 Å². The summed E-state index contributed by atoms with van der Waals surface area (Å²) in [6.07, 6.45) is 0.526. The molecule has 0 aliphatic carbocycles. The predicted molar refractivity (Wildman–Crippen MR) is 61.3 cm³/mol. The molecule has 1 aromatic carbocycles. The standard InChI is InChI=1S/C12H11F2NS/c13-8-3-4-11(14)10(6-8)12(15)7-9-2-1-5-16-9/h1-6,12H,7,15H2. The second-order valence-corrected chi connectivity index (χ2v) is 4.59. The van der Waals surface area contributed by atoms with Crippen molar-refractivity contribution >= 4 is 11.3 Å². The smallest absolute Gasteiger partial charge is 0.128 e. The topological polar surface area (TPSA) is 26.0 Å². The van der Waals surface area contributed by atoms with Gasteiger partial charge in [0.05, 0.1) is 0 Å². The number of nitrogens with two attached hydrogens (primary N) is 1. The van der Waals surface area contributed by atoms with E-state index >= 15 is 0 Å². The molecule has 0 aliphatic heterocycles. The van der Waals surface area contributed by atoms with Crippen molar-refractivity contribution in [2.75, 3.05) is 0 Å². The molecule has 4 heteroatoms. The van der Waals surface area contributed by atoms with E-state index in [1.807, 2.05) is 17.5 Å². The predicted octanol–water partition coefficient (Wildman–Crippen LogP) is 3.27. The van der Waals surface area contributed by atoms with Crippen LogP contribution in [0.4, 0.5) is 8.78 Å². The lowest BCUT2D eigenvalue weighted by Gasteiger charge is -2.11. The normalized spacial score (nSPS) is 12.7. The van der Waals surface area contributed by atoms with E-state index in [0.29, 0.717) is 6.42 Å². The Morgan fingerprint density at radius 3 is 2.75 bits per heavy atom. The van der Waals surface area contributed by atoms with E-state index in [4.69, 9.17) is 5.73 Å². The Morgan fingerprint density at radius 1 is 1.25 bits per heavy atom. The van der Waals surface area contributed by atoms with Crippen molar-refractivity contribution in [3.05, 3.63) is 57.8 Å². The molecule has 1 heterocycles. The van der Waals surface area contributed by atoms with Crippen LogP contribution in [0, 0.1) is 11.6 Å². The molecule has 84 valence electrons. The summed E-state index contributed by atoms with van der Waals surface area (Å²) in [5.41, 5.74) is 6.09. The number of halogens is 2. The quantitative estimate of drug-likeness (QED) is 0.874. The monoisotopic (exact) mass is 239 g/mol. The van der Waals surface area contributed by atoms with Gasteiger partial charge in [-0.2, -0.15) is 0 Å². The summed E-state index contributed by atoms with van der Waals surface area (Å²) >= 11 is 1.56. The first-order chi connectivity index (χ1) is 7.66. The van der Waals surface area contributed by atoms with Crippen molar-refractivity contribution in [3.8, 4) is 0 Å². The molecule has 0 bridgehead atoms. The Bertz CT molecular complexity index is 468. The van der Waals surface area contributed by atoms with Gasteiger partial charge in [-0.05, 0) is 29.6 Å². The Morgan fingerprint density at radius 2 is 2.06 bits per heavy atom. The fourth-order valence-corrected chi connectivity index (χ4v) is 2.32. The van der Waals surface area contributed by atoms with E-state index in [9.17, 15) is 8.78 Å². The van der Waals surface area contributed by atoms with Crippen LogP contribution in [0.3, 0.4) is 0 Å². The minimum Gasteiger partial charge on any atom is -0.324 e. The molecule has 16 heavy (non-hydrogen) atoms. The van der Waals surface area contributed by atoms with Crippen molar-refractivity contribution in [3.63, 3.8) is 0 Å². The zero-order chi connectivity index (χ0) is 11.5. The lowest BCUT2D eigenvalue weighted by molar-refractivity contribution is 0.562. The van der Waals surface area contributed by atoms with Gasteiger partial charge in [-0.25, -0.2) is 8.78 Å². The minimum atomic E-state index is -0.505. The van der Waals surface area contributed by atoms with Crippen LogP contribution >= 0.6 is 11.3 Å². The summed E-state index contributed by atoms with van der Waals surface area (Å²) in [6, 6.07) is 6.70. The van der Waals surface area contributed by atoms with Gasteiger partial charge >= 0.3 is 0 Å². The molecule has 1 aromatic heterocycles. The zero-order valence-electron chi connectivity index (χ0n) is 8.49. The second kappa shape index (κ2) is 4.72. The molecule has 1 atom stereocenters. The Kier molecular flexibility index (Phi) is 3.31. The van der Waals surface area contributed by atoms with Gasteiger partial charge in [0.25, 0.3) is 0 Å². The molecule has 0 amide bonds. The van der Waals surface area contributed by atoms with Crippen molar-refractivity contribution in [1.29, 1.82) is 0 Å². The van der Waals surface area contributed by atoms with E-state index < -0.39 is 17.7 Å². The maximum atomic E-state index is 13.4. The highest BCUT2D eigenvalue weighted by Gasteiger charge is 2.13. The minimum absolute atomic E-state index is 0.230. The SMILES string of the molecule is NC(Cc1cccs1)c1cc(F)ccc1F. The number of rotatable bonds is 3. The third-order valence-corrected chi connectivity index (χ3v) is 3.26. The number of hydrogen-bond acceptors (Lipinski definition) is 2. The van der Waals surface area contributed by atoms with Crippen LogP contribution in [0.25, 0.3) is 0 Å². The largest absolute Gasteiger partial charge is 0.324 e. The van der Waals surface area contributed by atoms with Crippen LogP contribution in [-0.4, -0.2) is 0 Å². The number of thiophene rings is 1. The third kappa shape index (κ3) is 2.46. The molecule has 0 radical (unpaired) electrons. The lowest BCUT2D eigenvalue weighted by atomic mass is 10.0. The maximum Gasteiger partial charge on any atom is 0.128 e. The van der Waals surface area contributed by atoms with Gasteiger partial charge in [-0.1, -0.05) is 6.07 Å². The zero-order valence-corrected chi connectivity index (χ0v) is 9.31. The van der Waals surface area contributed by atoms with Crippen LogP contribution in [0.2, 0.25) is 0 Å². The Hall–Kier alpha value is -1.26. The molecule has 0 fully saturated rings. The highest BCUT2D eigenvalue weighted by atomic mass is 32.1. The second-order valence-electron chi connectivity index (χ2n) is 3.56.